The third-order valence-corrected chi connectivity index (χ3v) is 7.48. The number of anilines is 1. The van der Waals surface area contributed by atoms with E-state index in [-0.39, 0.29) is 30.8 Å². The van der Waals surface area contributed by atoms with Crippen LogP contribution in [0.3, 0.4) is 0 Å². The Kier molecular flexibility index (Phi) is 9.03. The first-order chi connectivity index (χ1) is 21.1. The van der Waals surface area contributed by atoms with Gasteiger partial charge >= 0.3 is 0 Å². The number of hydrogen-bond donors (Lipinski definition) is 0. The van der Waals surface area contributed by atoms with Gasteiger partial charge in [0.05, 0.1) is 18.5 Å². The van der Waals surface area contributed by atoms with Crippen molar-refractivity contribution in [2.24, 2.45) is 0 Å². The minimum absolute atomic E-state index is 0.0736. The quantitative estimate of drug-likeness (QED) is 0.121. The van der Waals surface area contributed by atoms with Crippen molar-refractivity contribution in [3.8, 4) is 0 Å². The Balaban J connectivity index is 1.37. The molecule has 0 aliphatic carbocycles. The van der Waals surface area contributed by atoms with E-state index in [2.05, 4.69) is 4.90 Å². The van der Waals surface area contributed by atoms with E-state index < -0.39 is 70.3 Å². The van der Waals surface area contributed by atoms with E-state index >= 15 is 0 Å². The highest BCUT2D eigenvalue weighted by Crippen LogP contribution is 2.20. The second kappa shape index (κ2) is 13.1. The van der Waals surface area contributed by atoms with Crippen molar-refractivity contribution in [3.05, 3.63) is 135 Å². The van der Waals surface area contributed by atoms with E-state index in [1.807, 2.05) is 30.3 Å². The maximum Gasteiger partial charge on any atom is 0.290 e. The van der Waals surface area contributed by atoms with Crippen LogP contribution in [0.2, 0.25) is 0 Å². The maximum atomic E-state index is 14.4. The van der Waals surface area contributed by atoms with Gasteiger partial charge in [-0.05, 0) is 29.8 Å². The normalized spacial score (nSPS) is 13.2. The summed E-state index contributed by atoms with van der Waals surface area (Å²) >= 11 is 0. The molecule has 7 nitrogen and oxygen atoms in total. The second-order valence-electron chi connectivity index (χ2n) is 10.4. The summed E-state index contributed by atoms with van der Waals surface area (Å²) in [6.07, 6.45) is -0.170. The van der Waals surface area contributed by atoms with Gasteiger partial charge in [0.1, 0.15) is 23.3 Å². The van der Waals surface area contributed by atoms with E-state index in [9.17, 15) is 36.7 Å². The molecule has 1 amide bonds. The number of Topliss-reactive ketones (excluding diaryl/α,β-unsaturated/α-hetero) is 2. The molecule has 3 aromatic carbocycles. The minimum atomic E-state index is -1.17. The topological polar surface area (TPSA) is 79.7 Å². The molecule has 226 valence electrons. The summed E-state index contributed by atoms with van der Waals surface area (Å²) in [6.45, 7) is 1.15. The van der Waals surface area contributed by atoms with Crippen LogP contribution in [-0.2, 0) is 22.6 Å². The summed E-state index contributed by atoms with van der Waals surface area (Å²) in [7, 11) is 0. The van der Waals surface area contributed by atoms with Crippen molar-refractivity contribution in [2.45, 2.75) is 19.4 Å². The molecule has 0 spiro atoms. The third kappa shape index (κ3) is 6.77. The van der Waals surface area contributed by atoms with Gasteiger partial charge in [-0.2, -0.15) is 0 Å². The van der Waals surface area contributed by atoms with E-state index in [0.29, 0.717) is 25.2 Å². The molecule has 0 bridgehead atoms. The minimum Gasteiger partial charge on any atom is -0.368 e. The Hall–Kier alpha value is -5.06. The molecule has 2 heterocycles. The predicted octanol–water partition coefficient (Wildman–Crippen LogP) is 4.53. The number of pyridine rings is 1. The number of carbonyl (C=O) groups is 3. The fourth-order valence-corrected chi connectivity index (χ4v) is 5.17. The number of halogens is 4. The zero-order chi connectivity index (χ0) is 31.4. The Morgan fingerprint density at radius 2 is 1.39 bits per heavy atom. The Labute approximate surface area is 250 Å². The van der Waals surface area contributed by atoms with E-state index in [0.717, 1.165) is 16.3 Å². The second-order valence-corrected chi connectivity index (χ2v) is 10.4. The zero-order valence-electron chi connectivity index (χ0n) is 23.4. The summed E-state index contributed by atoms with van der Waals surface area (Å²) in [4.78, 5) is 55.8. The number of benzene rings is 3. The molecule has 1 fully saturated rings. The van der Waals surface area contributed by atoms with E-state index in [1.165, 1.54) is 29.3 Å². The summed E-state index contributed by atoms with van der Waals surface area (Å²) in [5, 5.41) is 0. The lowest BCUT2D eigenvalue weighted by atomic mass is 10.00. The first-order valence-corrected chi connectivity index (χ1v) is 13.9. The van der Waals surface area contributed by atoms with Crippen LogP contribution in [0.25, 0.3) is 0 Å². The van der Waals surface area contributed by atoms with Gasteiger partial charge in [0.25, 0.3) is 11.5 Å². The van der Waals surface area contributed by atoms with Crippen molar-refractivity contribution >= 4 is 23.2 Å². The molecule has 1 aromatic heterocycles. The van der Waals surface area contributed by atoms with Crippen LogP contribution in [0, 0.1) is 23.3 Å². The van der Waals surface area contributed by atoms with Gasteiger partial charge in [-0.25, -0.2) is 17.6 Å². The molecule has 11 heteroatoms. The van der Waals surface area contributed by atoms with Crippen molar-refractivity contribution in [1.29, 1.82) is 0 Å². The number of rotatable bonds is 9. The summed E-state index contributed by atoms with van der Waals surface area (Å²) in [6, 6.07) is 17.3. The largest absolute Gasteiger partial charge is 0.368 e. The Morgan fingerprint density at radius 1 is 0.750 bits per heavy atom. The van der Waals surface area contributed by atoms with Crippen LogP contribution in [0.4, 0.5) is 23.2 Å². The molecule has 1 saturated heterocycles. The number of carbonyl (C=O) groups excluding carboxylic acids is 3. The number of aromatic nitrogens is 1. The van der Waals surface area contributed by atoms with Crippen molar-refractivity contribution in [2.75, 3.05) is 31.1 Å². The molecule has 44 heavy (non-hydrogen) atoms. The highest BCUT2D eigenvalue weighted by atomic mass is 19.1. The lowest BCUT2D eigenvalue weighted by Crippen LogP contribution is -2.50. The molecular formula is C33H27F4N3O4. The Bertz CT molecular complexity index is 1760. The van der Waals surface area contributed by atoms with Gasteiger partial charge in [-0.15, -0.1) is 0 Å². The van der Waals surface area contributed by atoms with Crippen LogP contribution in [0.1, 0.15) is 33.5 Å². The molecule has 0 atom stereocenters. The summed E-state index contributed by atoms with van der Waals surface area (Å²) in [5.74, 6) is -6.92. The molecule has 1 aliphatic rings. The summed E-state index contributed by atoms with van der Waals surface area (Å²) < 4.78 is 57.7. The van der Waals surface area contributed by atoms with E-state index in [4.69, 9.17) is 0 Å². The van der Waals surface area contributed by atoms with Crippen molar-refractivity contribution < 1.29 is 31.9 Å². The molecule has 4 aromatic rings. The molecule has 5 rings (SSSR count). The zero-order valence-corrected chi connectivity index (χ0v) is 23.4. The van der Waals surface area contributed by atoms with Gasteiger partial charge in [-0.1, -0.05) is 36.4 Å². The average molecular weight is 606 g/mol. The fraction of sp³-hybridized carbons (Fsp3) is 0.212. The highest BCUT2D eigenvalue weighted by Gasteiger charge is 2.29. The predicted molar refractivity (Wildman–Crippen MR) is 155 cm³/mol. The van der Waals surface area contributed by atoms with Gasteiger partial charge < -0.3 is 14.4 Å². The van der Waals surface area contributed by atoms with Crippen LogP contribution in [0.15, 0.2) is 83.8 Å². The molecule has 0 unspecified atom stereocenters. The first kappa shape index (κ1) is 30.4. The molecule has 0 radical (unpaired) electrons. The van der Waals surface area contributed by atoms with Crippen molar-refractivity contribution in [3.63, 3.8) is 0 Å². The van der Waals surface area contributed by atoms with Crippen LogP contribution in [0.5, 0.6) is 0 Å². The first-order valence-electron chi connectivity index (χ1n) is 13.9. The average Bonchev–Trinajstić information content (AvgIpc) is 3.01. The fourth-order valence-electron chi connectivity index (χ4n) is 5.17. The lowest BCUT2D eigenvalue weighted by molar-refractivity contribution is -0.144. The SMILES string of the molecule is O=C(CC(=O)c1cc(Cc2c(F)cc(F)cc2F)cn(Cc2ccccc2F)c1=O)C(=O)N1CCN(c2ccccc2)CC1. The van der Waals surface area contributed by atoms with Gasteiger partial charge in [0, 0.05) is 67.7 Å². The van der Waals surface area contributed by atoms with Crippen LogP contribution < -0.4 is 10.5 Å². The highest BCUT2D eigenvalue weighted by molar-refractivity contribution is 6.40. The lowest BCUT2D eigenvalue weighted by Gasteiger charge is -2.35. The summed E-state index contributed by atoms with van der Waals surface area (Å²) in [5.41, 5.74) is -0.736. The van der Waals surface area contributed by atoms with Gasteiger partial charge in [-0.3, -0.25) is 19.2 Å². The number of para-hydroxylation sites is 1. The molecular weight excluding hydrogens is 578 g/mol. The third-order valence-electron chi connectivity index (χ3n) is 7.48. The molecule has 0 saturated carbocycles. The smallest absolute Gasteiger partial charge is 0.290 e. The number of nitrogens with zero attached hydrogens (tertiary/aromatic N) is 3. The number of amides is 1. The standard InChI is InChI=1S/C33H27F4N3O4/c34-23-16-28(36)25(29(37)17-23)14-21-15-26(32(43)40(19-21)20-22-6-4-5-9-27(22)35)30(41)18-31(42)33(44)39-12-10-38(11-13-39)24-7-2-1-3-8-24/h1-9,15-17,19H,10-14,18,20H2. The van der Waals surface area contributed by atoms with Gasteiger partial charge in [0.15, 0.2) is 5.78 Å². The monoisotopic (exact) mass is 605 g/mol. The number of piperazine rings is 1. The van der Waals surface area contributed by atoms with Crippen molar-refractivity contribution in [1.82, 2.24) is 9.47 Å². The maximum absolute atomic E-state index is 14.4. The van der Waals surface area contributed by atoms with E-state index in [1.54, 1.807) is 6.07 Å². The molecule has 1 aliphatic heterocycles. The Morgan fingerprint density at radius 3 is 2.05 bits per heavy atom. The number of hydrogen-bond acceptors (Lipinski definition) is 5. The molecule has 0 N–H and O–H groups in total. The van der Waals surface area contributed by atoms with Crippen LogP contribution >= 0.6 is 0 Å². The van der Waals surface area contributed by atoms with Gasteiger partial charge in [0.2, 0.25) is 5.78 Å². The van der Waals surface area contributed by atoms with Crippen LogP contribution in [-0.4, -0.2) is 53.1 Å². The number of ketones is 2.